The van der Waals surface area contributed by atoms with Crippen LogP contribution in [0.25, 0.3) is 27.8 Å². The summed E-state index contributed by atoms with van der Waals surface area (Å²) in [5, 5.41) is 14.0. The van der Waals surface area contributed by atoms with Crippen LogP contribution < -0.4 is 10.3 Å². The molecule has 2 aromatic carbocycles. The van der Waals surface area contributed by atoms with Crippen LogP contribution in [0.5, 0.6) is 5.75 Å². The van der Waals surface area contributed by atoms with Gasteiger partial charge in [0, 0.05) is 16.3 Å². The number of nitrogens with zero attached hydrogens (tertiary/aromatic N) is 6. The van der Waals surface area contributed by atoms with Crippen molar-refractivity contribution >= 4 is 33.9 Å². The van der Waals surface area contributed by atoms with Crippen LogP contribution in [0.15, 0.2) is 47.4 Å². The van der Waals surface area contributed by atoms with Gasteiger partial charge in [-0.3, -0.25) is 14.2 Å². The zero-order valence-electron chi connectivity index (χ0n) is 21.9. The van der Waals surface area contributed by atoms with E-state index in [0.29, 0.717) is 45.0 Å². The van der Waals surface area contributed by atoms with Crippen molar-refractivity contribution in [2.75, 3.05) is 6.61 Å². The Morgan fingerprint density at radius 1 is 1.15 bits per heavy atom. The van der Waals surface area contributed by atoms with E-state index in [1.165, 1.54) is 29.1 Å². The molecule has 5 rings (SSSR count). The summed E-state index contributed by atoms with van der Waals surface area (Å²) >= 11 is 6.30. The molecule has 208 valence electrons. The van der Waals surface area contributed by atoms with E-state index >= 15 is 0 Å². The third kappa shape index (κ3) is 5.12. The van der Waals surface area contributed by atoms with Crippen LogP contribution in [0.1, 0.15) is 39.9 Å². The minimum Gasteiger partial charge on any atom is -0.491 e. The lowest BCUT2D eigenvalue weighted by Crippen LogP contribution is -2.27. The topological polar surface area (TPSA) is 115 Å². The quantitative estimate of drug-likeness (QED) is 0.242. The molecule has 0 amide bonds. The molecule has 0 aliphatic rings. The number of benzene rings is 2. The van der Waals surface area contributed by atoms with Gasteiger partial charge in [-0.1, -0.05) is 11.6 Å². The molecule has 3 heterocycles. The Morgan fingerprint density at radius 3 is 2.59 bits per heavy atom. The van der Waals surface area contributed by atoms with Gasteiger partial charge >= 0.3 is 6.18 Å². The summed E-state index contributed by atoms with van der Waals surface area (Å²) in [5.74, 6) is 0.365. The Hall–Kier alpha value is -4.76. The fraction of sp³-hybridized carbons (Fsp3) is 0.214. The van der Waals surface area contributed by atoms with Gasteiger partial charge in [0.2, 0.25) is 0 Å². The van der Waals surface area contributed by atoms with Crippen molar-refractivity contribution in [1.82, 2.24) is 24.1 Å². The summed E-state index contributed by atoms with van der Waals surface area (Å²) < 4.78 is 48.7. The Balaban J connectivity index is 1.51. The van der Waals surface area contributed by atoms with Crippen LogP contribution in [0.3, 0.4) is 0 Å². The van der Waals surface area contributed by atoms with E-state index in [4.69, 9.17) is 16.3 Å². The first-order valence-corrected chi connectivity index (χ1v) is 12.6. The first kappa shape index (κ1) is 27.8. The summed E-state index contributed by atoms with van der Waals surface area (Å²) in [6.07, 6.45) is -3.26. The summed E-state index contributed by atoms with van der Waals surface area (Å²) in [6.45, 7) is 4.65. The minimum atomic E-state index is -4.70. The number of fused-ring (bicyclic) bond motifs is 2. The number of aryl methyl sites for hydroxylation is 2. The number of alkyl halides is 3. The zero-order chi connectivity index (χ0) is 29.6. The van der Waals surface area contributed by atoms with E-state index in [0.717, 1.165) is 6.07 Å². The first-order valence-electron chi connectivity index (χ1n) is 12.2. The third-order valence-corrected chi connectivity index (χ3v) is 6.70. The largest absolute Gasteiger partial charge is 0.491 e. The molecule has 0 aliphatic carbocycles. The van der Waals surface area contributed by atoms with Crippen LogP contribution in [0.2, 0.25) is 5.02 Å². The number of nitriles is 1. The highest BCUT2D eigenvalue weighted by Gasteiger charge is 2.32. The SMILES string of the molecule is CC(=O)c1cnn2c(-c3cc(Cl)ccc3OCCn3c(C)nc4cc(C(F)(F)F)cc(C#N)c4c3=O)cc(C)nc12. The average molecular weight is 581 g/mol. The standard InChI is InChI=1S/C28H20ClF3N6O3/c1-14-8-23(38-26(35-14)21(13-34-38)15(2)39)20-11-19(29)4-5-24(20)41-7-6-37-16(3)36-22-10-18(28(30,31)32)9-17(12-33)25(22)27(37)40/h4-5,8-11,13H,6-7H2,1-3H3. The second kappa shape index (κ2) is 10.3. The molecule has 0 spiro atoms. The number of carbonyl (C=O) groups is 1. The van der Waals surface area contributed by atoms with Gasteiger partial charge < -0.3 is 4.74 Å². The van der Waals surface area contributed by atoms with Crippen molar-refractivity contribution in [3.05, 3.63) is 86.2 Å². The van der Waals surface area contributed by atoms with Gasteiger partial charge in [0.15, 0.2) is 11.4 Å². The maximum absolute atomic E-state index is 13.3. The molecule has 0 saturated heterocycles. The second-order valence-electron chi connectivity index (χ2n) is 9.26. The molecule has 41 heavy (non-hydrogen) atoms. The van der Waals surface area contributed by atoms with Gasteiger partial charge in [-0.15, -0.1) is 0 Å². The summed E-state index contributed by atoms with van der Waals surface area (Å²) in [6, 6.07) is 9.80. The highest BCUT2D eigenvalue weighted by molar-refractivity contribution is 6.31. The monoisotopic (exact) mass is 580 g/mol. The van der Waals surface area contributed by atoms with Gasteiger partial charge in [0.1, 0.15) is 24.3 Å². The molecule has 3 aromatic heterocycles. The van der Waals surface area contributed by atoms with E-state index in [-0.39, 0.29) is 35.7 Å². The van der Waals surface area contributed by atoms with Gasteiger partial charge in [-0.25, -0.2) is 14.5 Å². The number of carbonyl (C=O) groups excluding carboxylic acids is 1. The van der Waals surface area contributed by atoms with Crippen LogP contribution in [-0.2, 0) is 12.7 Å². The van der Waals surface area contributed by atoms with Crippen molar-refractivity contribution in [1.29, 1.82) is 5.26 Å². The lowest BCUT2D eigenvalue weighted by molar-refractivity contribution is -0.137. The maximum Gasteiger partial charge on any atom is 0.416 e. The van der Waals surface area contributed by atoms with Crippen molar-refractivity contribution in [2.45, 2.75) is 33.5 Å². The van der Waals surface area contributed by atoms with E-state index < -0.39 is 22.9 Å². The van der Waals surface area contributed by atoms with Gasteiger partial charge in [0.25, 0.3) is 5.56 Å². The van der Waals surface area contributed by atoms with Crippen LogP contribution in [0, 0.1) is 25.2 Å². The second-order valence-corrected chi connectivity index (χ2v) is 9.70. The highest BCUT2D eigenvalue weighted by atomic mass is 35.5. The minimum absolute atomic E-state index is 0.0113. The van der Waals surface area contributed by atoms with E-state index in [2.05, 4.69) is 15.1 Å². The molecule has 0 N–H and O–H groups in total. The summed E-state index contributed by atoms with van der Waals surface area (Å²) in [4.78, 5) is 34.0. The van der Waals surface area contributed by atoms with Gasteiger partial charge in [-0.2, -0.15) is 23.5 Å². The molecule has 0 aliphatic heterocycles. The maximum atomic E-state index is 13.3. The number of hydrogen-bond acceptors (Lipinski definition) is 7. The predicted molar refractivity (Wildman–Crippen MR) is 144 cm³/mol. The predicted octanol–water partition coefficient (Wildman–Crippen LogP) is 5.55. The Morgan fingerprint density at radius 2 is 1.90 bits per heavy atom. The molecular formula is C28H20ClF3N6O3. The zero-order valence-corrected chi connectivity index (χ0v) is 22.6. The number of ketones is 1. The lowest BCUT2D eigenvalue weighted by atomic mass is 10.1. The first-order chi connectivity index (χ1) is 19.4. The van der Waals surface area contributed by atoms with E-state index in [9.17, 15) is 28.0 Å². The van der Waals surface area contributed by atoms with Crippen molar-refractivity contribution in [3.8, 4) is 23.1 Å². The fourth-order valence-corrected chi connectivity index (χ4v) is 4.74. The highest BCUT2D eigenvalue weighted by Crippen LogP contribution is 2.34. The van der Waals surface area contributed by atoms with Gasteiger partial charge in [0.05, 0.1) is 46.0 Å². The molecule has 5 aromatic rings. The third-order valence-electron chi connectivity index (χ3n) is 6.47. The van der Waals surface area contributed by atoms with Gasteiger partial charge in [-0.05, 0) is 57.2 Å². The molecule has 0 radical (unpaired) electrons. The fourth-order valence-electron chi connectivity index (χ4n) is 4.57. The molecule has 0 fully saturated rings. The number of halogens is 4. The van der Waals surface area contributed by atoms with Crippen LogP contribution in [0.4, 0.5) is 13.2 Å². The molecule has 0 bridgehead atoms. The molecule has 0 atom stereocenters. The number of Topliss-reactive ketones (excluding diaryl/α,β-unsaturated/α-hetero) is 1. The van der Waals surface area contributed by atoms with Crippen molar-refractivity contribution in [2.24, 2.45) is 0 Å². The molecule has 13 heteroatoms. The Labute approximate surface area is 235 Å². The summed E-state index contributed by atoms with van der Waals surface area (Å²) in [7, 11) is 0. The van der Waals surface area contributed by atoms with Crippen molar-refractivity contribution in [3.63, 3.8) is 0 Å². The lowest BCUT2D eigenvalue weighted by Gasteiger charge is -2.16. The molecular weight excluding hydrogens is 561 g/mol. The van der Waals surface area contributed by atoms with E-state index in [1.54, 1.807) is 37.3 Å². The number of rotatable bonds is 6. The smallest absolute Gasteiger partial charge is 0.416 e. The molecule has 9 nitrogen and oxygen atoms in total. The number of ether oxygens (including phenoxy) is 1. The summed E-state index contributed by atoms with van der Waals surface area (Å²) in [5.41, 5.74) is 0.153. The number of hydrogen-bond donors (Lipinski definition) is 0. The molecule has 0 saturated carbocycles. The van der Waals surface area contributed by atoms with Crippen LogP contribution >= 0.6 is 11.6 Å². The van der Waals surface area contributed by atoms with Crippen molar-refractivity contribution < 1.29 is 22.7 Å². The average Bonchev–Trinajstić information content (AvgIpc) is 3.33. The molecule has 0 unspecified atom stereocenters. The van der Waals surface area contributed by atoms with Crippen LogP contribution in [-0.4, -0.2) is 36.5 Å². The Bertz CT molecular complexity index is 1970. The Kier molecular flexibility index (Phi) is 7.00. The normalized spacial score (nSPS) is 11.7. The van der Waals surface area contributed by atoms with E-state index in [1.807, 2.05) is 0 Å². The number of aromatic nitrogens is 5.